The first-order chi connectivity index (χ1) is 8.06. The first kappa shape index (κ1) is 13.0. The Labute approximate surface area is 103 Å². The normalized spacial score (nSPS) is 9.24. The summed E-state index contributed by atoms with van der Waals surface area (Å²) in [5, 5.41) is 13.2. The van der Waals surface area contributed by atoms with Gasteiger partial charge in [0.05, 0.1) is 11.6 Å². The lowest BCUT2D eigenvalue weighted by atomic mass is 10.1. The Morgan fingerprint density at radius 2 is 2.18 bits per heavy atom. The van der Waals surface area contributed by atoms with Gasteiger partial charge < -0.3 is 5.32 Å². The Kier molecular flexibility index (Phi) is 4.49. The zero-order chi connectivity index (χ0) is 12.8. The lowest BCUT2D eigenvalue weighted by Gasteiger charge is -2.08. The minimum Gasteiger partial charge on any atom is -0.307 e. The van der Waals surface area contributed by atoms with E-state index in [1.165, 1.54) is 6.07 Å². The number of carbonyl (C=O) groups excluding carboxylic acids is 2. The highest BCUT2D eigenvalue weighted by Crippen LogP contribution is 2.16. The third kappa shape index (κ3) is 3.78. The van der Waals surface area contributed by atoms with Crippen LogP contribution in [0.15, 0.2) is 18.2 Å². The van der Waals surface area contributed by atoms with Crippen LogP contribution in [0.25, 0.3) is 0 Å². The van der Waals surface area contributed by atoms with Crippen LogP contribution in [0, 0.1) is 18.3 Å². The van der Waals surface area contributed by atoms with Crippen LogP contribution in [0.4, 0.5) is 10.5 Å². The number of urea groups is 1. The van der Waals surface area contributed by atoms with Crippen molar-refractivity contribution in [2.24, 2.45) is 0 Å². The molecule has 0 spiro atoms. The Morgan fingerprint density at radius 1 is 1.47 bits per heavy atom. The average molecular weight is 252 g/mol. The van der Waals surface area contributed by atoms with Gasteiger partial charge in [-0.1, -0.05) is 6.07 Å². The van der Waals surface area contributed by atoms with Crippen molar-refractivity contribution in [2.75, 3.05) is 11.2 Å². The third-order valence-electron chi connectivity index (χ3n) is 1.99. The van der Waals surface area contributed by atoms with Gasteiger partial charge >= 0.3 is 6.03 Å². The largest absolute Gasteiger partial charge is 0.325 e. The van der Waals surface area contributed by atoms with E-state index < -0.39 is 11.9 Å². The number of nitrogens with zero attached hydrogens (tertiary/aromatic N) is 1. The number of hydrogen-bond donors (Lipinski definition) is 2. The molecule has 3 amide bonds. The molecule has 0 atom stereocenters. The number of nitriles is 1. The summed E-state index contributed by atoms with van der Waals surface area (Å²) in [6.45, 7) is 1.78. The zero-order valence-electron chi connectivity index (χ0n) is 9.08. The minimum atomic E-state index is -0.672. The number of nitrogens with one attached hydrogen (secondary N) is 2. The second-order valence-electron chi connectivity index (χ2n) is 3.28. The molecule has 0 unspecified atom stereocenters. The monoisotopic (exact) mass is 251 g/mol. The number of aryl methyl sites for hydroxylation is 1. The quantitative estimate of drug-likeness (QED) is 0.786. The number of rotatable bonds is 2. The van der Waals surface area contributed by atoms with Crippen LogP contribution in [-0.4, -0.2) is 17.8 Å². The van der Waals surface area contributed by atoms with Gasteiger partial charge in [0.25, 0.3) is 0 Å². The van der Waals surface area contributed by atoms with Crippen LogP contribution >= 0.6 is 11.6 Å². The summed E-state index contributed by atoms with van der Waals surface area (Å²) in [6, 6.07) is 6.16. The molecule has 2 N–H and O–H groups in total. The van der Waals surface area contributed by atoms with Gasteiger partial charge in [-0.25, -0.2) is 4.79 Å². The van der Waals surface area contributed by atoms with E-state index in [1.54, 1.807) is 19.1 Å². The average Bonchev–Trinajstić information content (AvgIpc) is 2.31. The van der Waals surface area contributed by atoms with Crippen molar-refractivity contribution in [3.63, 3.8) is 0 Å². The van der Waals surface area contributed by atoms with Crippen molar-refractivity contribution >= 4 is 29.2 Å². The molecule has 88 valence electrons. The van der Waals surface area contributed by atoms with Gasteiger partial charge in [-0.3, -0.25) is 10.1 Å². The summed E-state index contributed by atoms with van der Waals surface area (Å²) in [4.78, 5) is 22.2. The van der Waals surface area contributed by atoms with Crippen molar-refractivity contribution < 1.29 is 9.59 Å². The number of imide groups is 1. The number of halogens is 1. The Hall–Kier alpha value is -2.06. The van der Waals surface area contributed by atoms with E-state index in [4.69, 9.17) is 16.9 Å². The van der Waals surface area contributed by atoms with E-state index in [2.05, 4.69) is 5.32 Å². The first-order valence-electron chi connectivity index (χ1n) is 4.74. The van der Waals surface area contributed by atoms with Gasteiger partial charge in [-0.2, -0.15) is 5.26 Å². The molecule has 6 heteroatoms. The zero-order valence-corrected chi connectivity index (χ0v) is 9.84. The van der Waals surface area contributed by atoms with Gasteiger partial charge in [0.2, 0.25) is 5.91 Å². The molecular weight excluding hydrogens is 242 g/mol. The standard InChI is InChI=1S/C11H10ClN3O2/c1-7-2-3-8(6-13)4-9(7)14-11(17)15-10(16)5-12/h2-4H,5H2,1H3,(H2,14,15,16,17). The summed E-state index contributed by atoms with van der Waals surface area (Å²) in [6.07, 6.45) is 0. The van der Waals surface area contributed by atoms with E-state index >= 15 is 0 Å². The van der Waals surface area contributed by atoms with Crippen LogP contribution in [0.5, 0.6) is 0 Å². The maximum Gasteiger partial charge on any atom is 0.325 e. The van der Waals surface area contributed by atoms with Crippen molar-refractivity contribution in [2.45, 2.75) is 6.92 Å². The molecule has 0 aliphatic rings. The molecule has 0 radical (unpaired) electrons. The predicted molar refractivity (Wildman–Crippen MR) is 63.8 cm³/mol. The van der Waals surface area contributed by atoms with Crippen LogP contribution < -0.4 is 10.6 Å². The lowest BCUT2D eigenvalue weighted by molar-refractivity contribution is -0.117. The van der Waals surface area contributed by atoms with Gasteiger partial charge in [0, 0.05) is 5.69 Å². The summed E-state index contributed by atoms with van der Waals surface area (Å²) >= 11 is 5.24. The van der Waals surface area contributed by atoms with Crippen LogP contribution in [0.1, 0.15) is 11.1 Å². The van der Waals surface area contributed by atoms with E-state index in [1.807, 2.05) is 11.4 Å². The number of hydrogen-bond acceptors (Lipinski definition) is 3. The summed E-state index contributed by atoms with van der Waals surface area (Å²) < 4.78 is 0. The molecule has 1 aromatic rings. The highest BCUT2D eigenvalue weighted by molar-refractivity contribution is 6.28. The van der Waals surface area contributed by atoms with Crippen molar-refractivity contribution in [3.8, 4) is 6.07 Å². The maximum atomic E-state index is 11.3. The number of anilines is 1. The van der Waals surface area contributed by atoms with E-state index in [0.717, 1.165) is 5.56 Å². The van der Waals surface area contributed by atoms with E-state index in [0.29, 0.717) is 11.3 Å². The smallest absolute Gasteiger partial charge is 0.307 e. The van der Waals surface area contributed by atoms with Crippen molar-refractivity contribution in [1.29, 1.82) is 5.26 Å². The topological polar surface area (TPSA) is 82.0 Å². The molecule has 0 heterocycles. The molecule has 0 aromatic heterocycles. The van der Waals surface area contributed by atoms with Crippen molar-refractivity contribution in [3.05, 3.63) is 29.3 Å². The van der Waals surface area contributed by atoms with E-state index in [-0.39, 0.29) is 5.88 Å². The number of benzene rings is 1. The molecule has 1 rings (SSSR count). The highest BCUT2D eigenvalue weighted by Gasteiger charge is 2.08. The van der Waals surface area contributed by atoms with Gasteiger partial charge in [0.15, 0.2) is 0 Å². The Balaban J connectivity index is 2.78. The molecule has 5 nitrogen and oxygen atoms in total. The molecule has 0 fully saturated rings. The number of alkyl halides is 1. The van der Waals surface area contributed by atoms with Crippen LogP contribution in [0.2, 0.25) is 0 Å². The maximum absolute atomic E-state index is 11.3. The molecule has 17 heavy (non-hydrogen) atoms. The molecule has 0 bridgehead atoms. The highest BCUT2D eigenvalue weighted by atomic mass is 35.5. The molecule has 1 aromatic carbocycles. The Bertz CT molecular complexity index is 494. The molecule has 0 aliphatic carbocycles. The number of carbonyl (C=O) groups is 2. The van der Waals surface area contributed by atoms with Gasteiger partial charge in [-0.15, -0.1) is 11.6 Å². The molecule has 0 saturated heterocycles. The summed E-state index contributed by atoms with van der Waals surface area (Å²) in [7, 11) is 0. The fraction of sp³-hybridized carbons (Fsp3) is 0.182. The lowest BCUT2D eigenvalue weighted by Crippen LogP contribution is -2.35. The summed E-state index contributed by atoms with van der Waals surface area (Å²) in [5.74, 6) is -0.872. The molecule has 0 saturated carbocycles. The van der Waals surface area contributed by atoms with Crippen LogP contribution in [0.3, 0.4) is 0 Å². The second kappa shape index (κ2) is 5.87. The van der Waals surface area contributed by atoms with Crippen LogP contribution in [-0.2, 0) is 4.79 Å². The molecule has 0 aliphatic heterocycles. The van der Waals surface area contributed by atoms with Gasteiger partial charge in [0.1, 0.15) is 5.88 Å². The number of amides is 3. The summed E-state index contributed by atoms with van der Waals surface area (Å²) in [5.41, 5.74) is 1.69. The minimum absolute atomic E-state index is 0.287. The fourth-order valence-corrected chi connectivity index (χ4v) is 1.21. The molecular formula is C11H10ClN3O2. The predicted octanol–water partition coefficient (Wildman–Crippen LogP) is 1.75. The second-order valence-corrected chi connectivity index (χ2v) is 3.54. The first-order valence-corrected chi connectivity index (χ1v) is 5.28. The van der Waals surface area contributed by atoms with Gasteiger partial charge in [-0.05, 0) is 24.6 Å². The fourth-order valence-electron chi connectivity index (χ4n) is 1.14. The Morgan fingerprint density at radius 3 is 2.76 bits per heavy atom. The van der Waals surface area contributed by atoms with E-state index in [9.17, 15) is 9.59 Å². The van der Waals surface area contributed by atoms with Crippen molar-refractivity contribution in [1.82, 2.24) is 5.32 Å². The third-order valence-corrected chi connectivity index (χ3v) is 2.23. The SMILES string of the molecule is Cc1ccc(C#N)cc1NC(=O)NC(=O)CCl.